The molecule has 0 aromatic heterocycles. The fourth-order valence-corrected chi connectivity index (χ4v) is 1.62. The Labute approximate surface area is 90.7 Å². The van der Waals surface area contributed by atoms with E-state index in [9.17, 15) is 4.79 Å². The first kappa shape index (κ1) is 12.4. The van der Waals surface area contributed by atoms with Crippen LogP contribution in [0.15, 0.2) is 0 Å². The van der Waals surface area contributed by atoms with Gasteiger partial charge in [0, 0.05) is 26.2 Å². The number of rotatable bonds is 6. The van der Waals surface area contributed by atoms with Crippen molar-refractivity contribution < 1.29 is 14.3 Å². The van der Waals surface area contributed by atoms with Gasteiger partial charge in [-0.25, -0.2) is 0 Å². The van der Waals surface area contributed by atoms with E-state index in [1.165, 1.54) is 0 Å². The van der Waals surface area contributed by atoms with Crippen molar-refractivity contribution in [3.63, 3.8) is 0 Å². The highest BCUT2D eigenvalue weighted by Gasteiger charge is 2.24. The lowest BCUT2D eigenvalue weighted by atomic mass is 10.3. The summed E-state index contributed by atoms with van der Waals surface area (Å²) in [4.78, 5) is 13.4. The van der Waals surface area contributed by atoms with Crippen molar-refractivity contribution >= 4 is 5.91 Å². The van der Waals surface area contributed by atoms with Crippen molar-refractivity contribution in [1.82, 2.24) is 10.2 Å². The number of methoxy groups -OCH3 is 1. The van der Waals surface area contributed by atoms with Crippen LogP contribution in [-0.2, 0) is 14.3 Å². The maximum Gasteiger partial charge on any atom is 0.248 e. The van der Waals surface area contributed by atoms with Crippen LogP contribution in [0.1, 0.15) is 6.42 Å². The van der Waals surface area contributed by atoms with Gasteiger partial charge < -0.3 is 19.7 Å². The molecule has 0 aromatic carbocycles. The van der Waals surface area contributed by atoms with E-state index in [1.807, 2.05) is 11.9 Å². The van der Waals surface area contributed by atoms with E-state index in [4.69, 9.17) is 9.47 Å². The summed E-state index contributed by atoms with van der Waals surface area (Å²) < 4.78 is 10.0. The first-order valence-corrected chi connectivity index (χ1v) is 5.29. The largest absolute Gasteiger partial charge is 0.382 e. The van der Waals surface area contributed by atoms with Crippen LogP contribution in [0.25, 0.3) is 0 Å². The lowest BCUT2D eigenvalue weighted by Gasteiger charge is -2.16. The number of hydrogen-bond donors (Lipinski definition) is 1. The average Bonchev–Trinajstić information content (AvgIpc) is 2.72. The minimum absolute atomic E-state index is 0.0730. The second kappa shape index (κ2) is 6.76. The molecule has 1 rings (SSSR count). The van der Waals surface area contributed by atoms with Gasteiger partial charge in [0.25, 0.3) is 0 Å². The van der Waals surface area contributed by atoms with E-state index in [0.717, 1.165) is 19.5 Å². The number of carbonyl (C=O) groups is 1. The van der Waals surface area contributed by atoms with Gasteiger partial charge >= 0.3 is 0 Å². The van der Waals surface area contributed by atoms with E-state index in [-0.39, 0.29) is 12.5 Å². The first-order valence-electron chi connectivity index (χ1n) is 5.29. The van der Waals surface area contributed by atoms with E-state index in [0.29, 0.717) is 19.3 Å². The molecule has 0 spiro atoms. The Balaban J connectivity index is 2.12. The number of hydrogen-bond acceptors (Lipinski definition) is 4. The Morgan fingerprint density at radius 1 is 1.53 bits per heavy atom. The number of carbonyl (C=O) groups excluding carboxylic acids is 1. The van der Waals surface area contributed by atoms with E-state index < -0.39 is 0 Å². The van der Waals surface area contributed by atoms with Crippen LogP contribution in [0.2, 0.25) is 0 Å². The zero-order valence-corrected chi connectivity index (χ0v) is 9.49. The van der Waals surface area contributed by atoms with Crippen molar-refractivity contribution in [1.29, 1.82) is 0 Å². The maximum absolute atomic E-state index is 11.6. The zero-order valence-electron chi connectivity index (χ0n) is 9.49. The van der Waals surface area contributed by atoms with E-state index >= 15 is 0 Å². The molecule has 5 nitrogen and oxygen atoms in total. The van der Waals surface area contributed by atoms with Crippen molar-refractivity contribution in [2.75, 3.05) is 47.1 Å². The predicted octanol–water partition coefficient (Wildman–Crippen LogP) is -0.530. The van der Waals surface area contributed by atoms with Gasteiger partial charge in [-0.15, -0.1) is 0 Å². The Morgan fingerprint density at radius 2 is 2.33 bits per heavy atom. The van der Waals surface area contributed by atoms with Crippen molar-refractivity contribution in [3.8, 4) is 0 Å². The number of ether oxygens (including phenoxy) is 2. The molecule has 5 heteroatoms. The molecule has 1 N–H and O–H groups in total. The SMILES string of the molecule is CNC1CCN(C(=O)COCCOC)C1. The molecule has 1 amide bonds. The van der Waals surface area contributed by atoms with Crippen molar-refractivity contribution in [3.05, 3.63) is 0 Å². The molecule has 15 heavy (non-hydrogen) atoms. The summed E-state index contributed by atoms with van der Waals surface area (Å²) >= 11 is 0. The molecule has 1 heterocycles. The molecule has 1 fully saturated rings. The van der Waals surface area contributed by atoms with Crippen LogP contribution < -0.4 is 5.32 Å². The highest BCUT2D eigenvalue weighted by atomic mass is 16.5. The number of nitrogens with one attached hydrogen (secondary N) is 1. The van der Waals surface area contributed by atoms with Crippen LogP contribution in [0.3, 0.4) is 0 Å². The van der Waals surface area contributed by atoms with Gasteiger partial charge in [-0.2, -0.15) is 0 Å². The number of amides is 1. The predicted molar refractivity (Wildman–Crippen MR) is 56.7 cm³/mol. The fraction of sp³-hybridized carbons (Fsp3) is 0.900. The maximum atomic E-state index is 11.6. The monoisotopic (exact) mass is 216 g/mol. The van der Waals surface area contributed by atoms with Crippen molar-refractivity contribution in [2.45, 2.75) is 12.5 Å². The molecule has 1 unspecified atom stereocenters. The second-order valence-corrected chi connectivity index (χ2v) is 3.66. The summed E-state index contributed by atoms with van der Waals surface area (Å²) in [5.74, 6) is 0.0730. The Hall–Kier alpha value is -0.650. The van der Waals surface area contributed by atoms with E-state index in [1.54, 1.807) is 7.11 Å². The van der Waals surface area contributed by atoms with E-state index in [2.05, 4.69) is 5.32 Å². The third-order valence-electron chi connectivity index (χ3n) is 2.61. The summed E-state index contributed by atoms with van der Waals surface area (Å²) in [5.41, 5.74) is 0. The molecule has 88 valence electrons. The molecule has 1 aliphatic rings. The highest BCUT2D eigenvalue weighted by molar-refractivity contribution is 5.77. The molecule has 0 aromatic rings. The summed E-state index contributed by atoms with van der Waals surface area (Å²) in [5, 5.41) is 3.17. The average molecular weight is 216 g/mol. The minimum Gasteiger partial charge on any atom is -0.382 e. The molecular formula is C10H20N2O3. The molecule has 0 saturated carbocycles. The fourth-order valence-electron chi connectivity index (χ4n) is 1.62. The lowest BCUT2D eigenvalue weighted by molar-refractivity contribution is -0.135. The molecule has 1 saturated heterocycles. The summed E-state index contributed by atoms with van der Waals surface area (Å²) in [6.07, 6.45) is 1.03. The third kappa shape index (κ3) is 4.15. The summed E-state index contributed by atoms with van der Waals surface area (Å²) in [6.45, 7) is 2.80. The zero-order chi connectivity index (χ0) is 11.1. The van der Waals surface area contributed by atoms with Gasteiger partial charge in [0.2, 0.25) is 5.91 Å². The normalized spacial score (nSPS) is 20.9. The Morgan fingerprint density at radius 3 is 2.93 bits per heavy atom. The molecular weight excluding hydrogens is 196 g/mol. The Bertz CT molecular complexity index is 199. The van der Waals surface area contributed by atoms with Crippen LogP contribution in [-0.4, -0.2) is 63.9 Å². The quantitative estimate of drug-likeness (QED) is 0.606. The van der Waals surface area contributed by atoms with Crippen molar-refractivity contribution in [2.24, 2.45) is 0 Å². The van der Waals surface area contributed by atoms with Gasteiger partial charge in [-0.05, 0) is 13.5 Å². The molecule has 1 atom stereocenters. The minimum atomic E-state index is 0.0730. The van der Waals surface area contributed by atoms with Gasteiger partial charge in [0.1, 0.15) is 6.61 Å². The summed E-state index contributed by atoms with van der Waals surface area (Å²) in [7, 11) is 3.54. The molecule has 0 radical (unpaired) electrons. The van der Waals surface area contributed by atoms with Gasteiger partial charge in [-0.3, -0.25) is 4.79 Å². The van der Waals surface area contributed by atoms with Crippen LogP contribution in [0.5, 0.6) is 0 Å². The smallest absolute Gasteiger partial charge is 0.248 e. The second-order valence-electron chi connectivity index (χ2n) is 3.66. The van der Waals surface area contributed by atoms with Gasteiger partial charge in [-0.1, -0.05) is 0 Å². The molecule has 0 bridgehead atoms. The van der Waals surface area contributed by atoms with Crippen LogP contribution >= 0.6 is 0 Å². The van der Waals surface area contributed by atoms with Gasteiger partial charge in [0.15, 0.2) is 0 Å². The van der Waals surface area contributed by atoms with Gasteiger partial charge in [0.05, 0.1) is 13.2 Å². The van der Waals surface area contributed by atoms with Crippen LogP contribution in [0.4, 0.5) is 0 Å². The molecule has 1 aliphatic heterocycles. The standard InChI is InChI=1S/C10H20N2O3/c1-11-9-3-4-12(7-9)10(13)8-15-6-5-14-2/h9,11H,3-8H2,1-2H3. The first-order chi connectivity index (χ1) is 7.27. The number of nitrogens with zero attached hydrogens (tertiary/aromatic N) is 1. The lowest BCUT2D eigenvalue weighted by Crippen LogP contribution is -2.35. The number of likely N-dealkylation sites (N-methyl/N-ethyl adjacent to an activating group) is 1. The third-order valence-corrected chi connectivity index (χ3v) is 2.61. The highest BCUT2D eigenvalue weighted by Crippen LogP contribution is 2.08. The molecule has 0 aliphatic carbocycles. The summed E-state index contributed by atoms with van der Waals surface area (Å²) in [6, 6.07) is 0.438. The number of likely N-dealkylation sites (tertiary alicyclic amines) is 1. The van der Waals surface area contributed by atoms with Crippen LogP contribution in [0, 0.1) is 0 Å². The Kier molecular flexibility index (Phi) is 5.60. The topological polar surface area (TPSA) is 50.8 Å².